The maximum Gasteiger partial charge on any atom is 0.223 e. The number of hydrogen-bond acceptors (Lipinski definition) is 4. The standard InChI is InChI=1S/C12H25N3O2S2/c1-4-11(12(13)18)19(16,17)15(3)9-10-5-7-14(2)8-6-10/h10-11H,4-9H2,1-3H3,(H2,13,18). The van der Waals surface area contributed by atoms with Gasteiger partial charge in [-0.2, -0.15) is 0 Å². The van der Waals surface area contributed by atoms with Crippen molar-refractivity contribution in [2.24, 2.45) is 11.7 Å². The Labute approximate surface area is 122 Å². The van der Waals surface area contributed by atoms with Crippen LogP contribution in [0.3, 0.4) is 0 Å². The summed E-state index contributed by atoms with van der Waals surface area (Å²) in [5.41, 5.74) is 5.54. The second-order valence-corrected chi connectivity index (χ2v) is 8.07. The van der Waals surface area contributed by atoms with Gasteiger partial charge in [-0.3, -0.25) is 0 Å². The molecule has 0 amide bonds. The molecule has 0 saturated carbocycles. The molecule has 1 aliphatic rings. The quantitative estimate of drug-likeness (QED) is 0.730. The average molecular weight is 307 g/mol. The summed E-state index contributed by atoms with van der Waals surface area (Å²) in [6.45, 7) is 4.43. The van der Waals surface area contributed by atoms with Gasteiger partial charge >= 0.3 is 0 Å². The van der Waals surface area contributed by atoms with Crippen LogP contribution in [0.15, 0.2) is 0 Å². The number of thiocarbonyl (C=S) groups is 1. The van der Waals surface area contributed by atoms with Gasteiger partial charge in [-0.05, 0) is 45.3 Å². The highest BCUT2D eigenvalue weighted by Gasteiger charge is 2.32. The zero-order valence-corrected chi connectivity index (χ0v) is 13.6. The van der Waals surface area contributed by atoms with Crippen LogP contribution >= 0.6 is 12.2 Å². The van der Waals surface area contributed by atoms with E-state index in [1.165, 1.54) is 4.31 Å². The lowest BCUT2D eigenvalue weighted by Gasteiger charge is -2.32. The van der Waals surface area contributed by atoms with Gasteiger partial charge in [0.1, 0.15) is 5.25 Å². The Morgan fingerprint density at radius 2 is 2.00 bits per heavy atom. The molecule has 5 nitrogen and oxygen atoms in total. The van der Waals surface area contributed by atoms with Crippen LogP contribution in [0, 0.1) is 5.92 Å². The molecule has 7 heteroatoms. The molecule has 0 aromatic carbocycles. The van der Waals surface area contributed by atoms with Gasteiger partial charge in [0, 0.05) is 13.6 Å². The fraction of sp³-hybridized carbons (Fsp3) is 0.917. The summed E-state index contributed by atoms with van der Waals surface area (Å²) in [5.74, 6) is 0.430. The van der Waals surface area contributed by atoms with Gasteiger partial charge in [-0.25, -0.2) is 12.7 Å². The molecule has 1 fully saturated rings. The van der Waals surface area contributed by atoms with Crippen LogP contribution in [-0.2, 0) is 10.0 Å². The molecule has 0 aliphatic carbocycles. The van der Waals surface area contributed by atoms with Crippen molar-refractivity contribution in [1.29, 1.82) is 0 Å². The van der Waals surface area contributed by atoms with Crippen molar-refractivity contribution in [3.8, 4) is 0 Å². The van der Waals surface area contributed by atoms with E-state index < -0.39 is 15.3 Å². The summed E-state index contributed by atoms with van der Waals surface area (Å²) >= 11 is 4.87. The first-order valence-corrected chi connectivity index (χ1v) is 8.63. The molecule has 1 atom stereocenters. The third-order valence-electron chi connectivity index (χ3n) is 3.84. The smallest absolute Gasteiger partial charge is 0.223 e. The Hall–Kier alpha value is -0.240. The van der Waals surface area contributed by atoms with Crippen LogP contribution in [0.4, 0.5) is 0 Å². The predicted molar refractivity (Wildman–Crippen MR) is 82.6 cm³/mol. The molecular formula is C12H25N3O2S2. The SMILES string of the molecule is CCC(C(N)=S)S(=O)(=O)N(C)CC1CCN(C)CC1. The Bertz CT molecular complexity index is 403. The van der Waals surface area contributed by atoms with Crippen LogP contribution in [0.5, 0.6) is 0 Å². The van der Waals surface area contributed by atoms with Crippen LogP contribution in [0.25, 0.3) is 0 Å². The van der Waals surface area contributed by atoms with Crippen molar-refractivity contribution in [2.45, 2.75) is 31.4 Å². The number of piperidine rings is 1. The summed E-state index contributed by atoms with van der Waals surface area (Å²) in [6.07, 6.45) is 2.51. The summed E-state index contributed by atoms with van der Waals surface area (Å²) in [5, 5.41) is -0.737. The van der Waals surface area contributed by atoms with Crippen LogP contribution in [-0.4, -0.2) is 61.6 Å². The lowest BCUT2D eigenvalue weighted by molar-refractivity contribution is 0.202. The molecule has 19 heavy (non-hydrogen) atoms. The fourth-order valence-corrected chi connectivity index (χ4v) is 4.59. The second kappa shape index (κ2) is 6.97. The largest absolute Gasteiger partial charge is 0.392 e. The van der Waals surface area contributed by atoms with Crippen LogP contribution < -0.4 is 5.73 Å². The number of sulfonamides is 1. The Balaban J connectivity index is 2.65. The van der Waals surface area contributed by atoms with Crippen LogP contribution in [0.2, 0.25) is 0 Å². The maximum atomic E-state index is 12.4. The topological polar surface area (TPSA) is 66.6 Å². The van der Waals surface area contributed by atoms with E-state index in [0.29, 0.717) is 18.9 Å². The molecule has 0 spiro atoms. The average Bonchev–Trinajstić information content (AvgIpc) is 2.32. The second-order valence-electron chi connectivity index (χ2n) is 5.37. The molecule has 0 radical (unpaired) electrons. The highest BCUT2D eigenvalue weighted by Crippen LogP contribution is 2.20. The van der Waals surface area contributed by atoms with Crippen molar-refractivity contribution in [3.05, 3.63) is 0 Å². The molecule has 0 aromatic heterocycles. The third-order valence-corrected chi connectivity index (χ3v) is 6.59. The minimum absolute atomic E-state index is 0.0673. The zero-order valence-electron chi connectivity index (χ0n) is 12.0. The van der Waals surface area contributed by atoms with Gasteiger partial charge in [-0.15, -0.1) is 0 Å². The number of nitrogens with zero attached hydrogens (tertiary/aromatic N) is 2. The highest BCUT2D eigenvalue weighted by molar-refractivity contribution is 7.92. The molecule has 1 unspecified atom stereocenters. The monoisotopic (exact) mass is 307 g/mol. The van der Waals surface area contributed by atoms with Crippen molar-refractivity contribution in [1.82, 2.24) is 9.21 Å². The maximum absolute atomic E-state index is 12.4. The number of nitrogens with two attached hydrogens (primary N) is 1. The lowest BCUT2D eigenvalue weighted by Crippen LogP contribution is -2.45. The minimum Gasteiger partial charge on any atom is -0.392 e. The third kappa shape index (κ3) is 4.37. The summed E-state index contributed by atoms with van der Waals surface area (Å²) in [7, 11) is 0.318. The molecule has 1 saturated heterocycles. The molecular weight excluding hydrogens is 282 g/mol. The molecule has 1 rings (SSSR count). The van der Waals surface area contributed by atoms with Gasteiger partial charge < -0.3 is 10.6 Å². The molecule has 0 aromatic rings. The van der Waals surface area contributed by atoms with Crippen LogP contribution in [0.1, 0.15) is 26.2 Å². The minimum atomic E-state index is -3.41. The van der Waals surface area contributed by atoms with Gasteiger partial charge in [-0.1, -0.05) is 19.1 Å². The zero-order chi connectivity index (χ0) is 14.6. The van der Waals surface area contributed by atoms with Crippen molar-refractivity contribution in [2.75, 3.05) is 33.7 Å². The van der Waals surface area contributed by atoms with Gasteiger partial charge in [0.2, 0.25) is 10.0 Å². The van der Waals surface area contributed by atoms with Gasteiger partial charge in [0.25, 0.3) is 0 Å². The van der Waals surface area contributed by atoms with E-state index in [9.17, 15) is 8.42 Å². The predicted octanol–water partition coefficient (Wildman–Crippen LogP) is 0.655. The Morgan fingerprint density at radius 1 is 1.47 bits per heavy atom. The normalized spacial score (nSPS) is 20.6. The van der Waals surface area contributed by atoms with Gasteiger partial charge in [0.05, 0.1) is 4.99 Å². The van der Waals surface area contributed by atoms with E-state index in [2.05, 4.69) is 11.9 Å². The summed E-state index contributed by atoms with van der Waals surface area (Å²) < 4.78 is 26.2. The van der Waals surface area contributed by atoms with Crippen molar-refractivity contribution >= 4 is 27.2 Å². The summed E-state index contributed by atoms with van der Waals surface area (Å²) in [4.78, 5) is 2.34. The van der Waals surface area contributed by atoms with E-state index in [0.717, 1.165) is 25.9 Å². The van der Waals surface area contributed by atoms with E-state index in [1.54, 1.807) is 14.0 Å². The van der Waals surface area contributed by atoms with E-state index in [1.807, 2.05) is 0 Å². The molecule has 1 aliphatic heterocycles. The van der Waals surface area contributed by atoms with Crippen molar-refractivity contribution < 1.29 is 8.42 Å². The van der Waals surface area contributed by atoms with Crippen molar-refractivity contribution in [3.63, 3.8) is 0 Å². The first-order valence-electron chi connectivity index (χ1n) is 6.72. The van der Waals surface area contributed by atoms with E-state index >= 15 is 0 Å². The number of rotatable bonds is 6. The first-order chi connectivity index (χ1) is 8.78. The molecule has 1 heterocycles. The lowest BCUT2D eigenvalue weighted by atomic mass is 9.97. The molecule has 112 valence electrons. The number of hydrogen-bond donors (Lipinski definition) is 1. The fourth-order valence-electron chi connectivity index (χ4n) is 2.49. The first kappa shape index (κ1) is 16.8. The summed E-state index contributed by atoms with van der Waals surface area (Å²) in [6, 6.07) is 0. The Morgan fingerprint density at radius 3 is 2.42 bits per heavy atom. The van der Waals surface area contributed by atoms with E-state index in [4.69, 9.17) is 18.0 Å². The molecule has 2 N–H and O–H groups in total. The van der Waals surface area contributed by atoms with E-state index in [-0.39, 0.29) is 4.99 Å². The number of likely N-dealkylation sites (tertiary alicyclic amines) is 1. The Kier molecular flexibility index (Phi) is 6.16. The molecule has 0 bridgehead atoms. The van der Waals surface area contributed by atoms with Gasteiger partial charge in [0.15, 0.2) is 0 Å². The highest BCUT2D eigenvalue weighted by atomic mass is 32.2.